The molecule has 0 spiro atoms. The third kappa shape index (κ3) is 6.05. The number of benzene rings is 1. The number of hydrogen-bond donors (Lipinski definition) is 2. The maximum Gasteiger partial charge on any atom is 0.253 e. The van der Waals surface area contributed by atoms with E-state index in [9.17, 15) is 4.79 Å². The summed E-state index contributed by atoms with van der Waals surface area (Å²) in [7, 11) is 1.76. The van der Waals surface area contributed by atoms with Crippen molar-refractivity contribution in [1.29, 1.82) is 0 Å². The SMILES string of the molecule is CCN(CC)C(=O)c1ccc(CNC(=NC)NCCc2nc(C)c(C)s2)cc1. The average Bonchev–Trinajstić information content (AvgIpc) is 3.03. The molecule has 2 rings (SSSR count). The molecule has 7 heteroatoms. The van der Waals surface area contributed by atoms with E-state index in [1.54, 1.807) is 18.4 Å². The van der Waals surface area contributed by atoms with Gasteiger partial charge in [0.2, 0.25) is 0 Å². The zero-order valence-corrected chi connectivity index (χ0v) is 18.3. The minimum absolute atomic E-state index is 0.0784. The lowest BCUT2D eigenvalue weighted by Crippen LogP contribution is -2.37. The minimum atomic E-state index is 0.0784. The van der Waals surface area contributed by atoms with Crippen molar-refractivity contribution in [1.82, 2.24) is 20.5 Å². The highest BCUT2D eigenvalue weighted by atomic mass is 32.1. The molecule has 0 atom stereocenters. The van der Waals surface area contributed by atoms with Crippen LogP contribution in [-0.4, -0.2) is 48.4 Å². The lowest BCUT2D eigenvalue weighted by molar-refractivity contribution is 0.0773. The zero-order valence-electron chi connectivity index (χ0n) is 17.5. The van der Waals surface area contributed by atoms with Crippen LogP contribution in [0.4, 0.5) is 0 Å². The van der Waals surface area contributed by atoms with E-state index in [0.717, 1.165) is 53.8 Å². The third-order valence-electron chi connectivity index (χ3n) is 4.64. The van der Waals surface area contributed by atoms with Gasteiger partial charge in [-0.1, -0.05) is 12.1 Å². The summed E-state index contributed by atoms with van der Waals surface area (Å²) in [6.07, 6.45) is 0.877. The molecule has 152 valence electrons. The van der Waals surface area contributed by atoms with E-state index >= 15 is 0 Å². The second-order valence-corrected chi connectivity index (χ2v) is 7.81. The zero-order chi connectivity index (χ0) is 20.5. The van der Waals surface area contributed by atoms with Crippen molar-refractivity contribution in [3.8, 4) is 0 Å². The number of guanidine groups is 1. The second-order valence-electron chi connectivity index (χ2n) is 6.53. The molecule has 0 bridgehead atoms. The Labute approximate surface area is 172 Å². The lowest BCUT2D eigenvalue weighted by Gasteiger charge is -2.18. The second kappa shape index (κ2) is 10.8. The van der Waals surface area contributed by atoms with E-state index in [4.69, 9.17) is 0 Å². The van der Waals surface area contributed by atoms with Crippen LogP contribution in [0.15, 0.2) is 29.3 Å². The molecule has 1 aromatic carbocycles. The topological polar surface area (TPSA) is 69.6 Å². The van der Waals surface area contributed by atoms with Gasteiger partial charge < -0.3 is 15.5 Å². The molecule has 28 heavy (non-hydrogen) atoms. The number of aromatic nitrogens is 1. The highest BCUT2D eigenvalue weighted by Crippen LogP contribution is 2.16. The highest BCUT2D eigenvalue weighted by molar-refractivity contribution is 7.11. The summed E-state index contributed by atoms with van der Waals surface area (Å²) >= 11 is 1.75. The van der Waals surface area contributed by atoms with E-state index in [0.29, 0.717) is 6.54 Å². The third-order valence-corrected chi connectivity index (χ3v) is 5.77. The van der Waals surface area contributed by atoms with E-state index in [1.807, 2.05) is 49.9 Å². The first-order valence-electron chi connectivity index (χ1n) is 9.74. The number of aryl methyl sites for hydroxylation is 2. The number of rotatable bonds is 8. The Balaban J connectivity index is 1.81. The fourth-order valence-corrected chi connectivity index (χ4v) is 3.73. The molecule has 6 nitrogen and oxygen atoms in total. The van der Waals surface area contributed by atoms with Crippen LogP contribution < -0.4 is 10.6 Å². The van der Waals surface area contributed by atoms with Gasteiger partial charge >= 0.3 is 0 Å². The molecule has 0 saturated heterocycles. The molecule has 0 radical (unpaired) electrons. The predicted molar refractivity (Wildman–Crippen MR) is 117 cm³/mol. The van der Waals surface area contributed by atoms with Crippen molar-refractivity contribution in [3.05, 3.63) is 51.0 Å². The largest absolute Gasteiger partial charge is 0.356 e. The van der Waals surface area contributed by atoms with Crippen LogP contribution in [0.1, 0.15) is 45.3 Å². The Morgan fingerprint density at radius 2 is 1.82 bits per heavy atom. The van der Waals surface area contributed by atoms with Crippen molar-refractivity contribution in [2.24, 2.45) is 4.99 Å². The quantitative estimate of drug-likeness (QED) is 0.527. The number of thiazole rings is 1. The number of hydrogen-bond acceptors (Lipinski definition) is 4. The highest BCUT2D eigenvalue weighted by Gasteiger charge is 2.12. The van der Waals surface area contributed by atoms with E-state index in [2.05, 4.69) is 27.5 Å². The normalized spacial score (nSPS) is 11.4. The Morgan fingerprint density at radius 3 is 2.36 bits per heavy atom. The summed E-state index contributed by atoms with van der Waals surface area (Å²) in [5, 5.41) is 7.78. The van der Waals surface area contributed by atoms with Gasteiger partial charge in [-0.05, 0) is 45.4 Å². The molecule has 0 fully saturated rings. The van der Waals surface area contributed by atoms with Gasteiger partial charge in [0.1, 0.15) is 0 Å². The predicted octanol–water partition coefficient (Wildman–Crippen LogP) is 3.15. The molecule has 1 heterocycles. The van der Waals surface area contributed by atoms with Crippen LogP contribution in [0.5, 0.6) is 0 Å². The van der Waals surface area contributed by atoms with Crippen molar-refractivity contribution in [2.45, 2.75) is 40.7 Å². The van der Waals surface area contributed by atoms with E-state index in [-0.39, 0.29) is 5.91 Å². The van der Waals surface area contributed by atoms with Gasteiger partial charge in [0.05, 0.1) is 10.7 Å². The molecule has 2 aromatic rings. The smallest absolute Gasteiger partial charge is 0.253 e. The van der Waals surface area contributed by atoms with Gasteiger partial charge in [-0.25, -0.2) is 4.98 Å². The molecular weight excluding hydrogens is 370 g/mol. The number of carbonyl (C=O) groups excluding carboxylic acids is 1. The summed E-state index contributed by atoms with van der Waals surface area (Å²) in [5.41, 5.74) is 2.94. The van der Waals surface area contributed by atoms with Gasteiger partial charge in [-0.3, -0.25) is 9.79 Å². The monoisotopic (exact) mass is 401 g/mol. The standard InChI is InChI=1S/C21H31N5OS/c1-6-26(7-2)20(27)18-10-8-17(9-11-18)14-24-21(22-5)23-13-12-19-25-15(3)16(4)28-19/h8-11H,6-7,12-14H2,1-5H3,(H2,22,23,24). The van der Waals surface area contributed by atoms with Gasteiger partial charge in [-0.2, -0.15) is 0 Å². The van der Waals surface area contributed by atoms with Crippen molar-refractivity contribution < 1.29 is 4.79 Å². The van der Waals surface area contributed by atoms with Crippen LogP contribution >= 0.6 is 11.3 Å². The molecule has 0 aliphatic carbocycles. The summed E-state index contributed by atoms with van der Waals surface area (Å²) in [5.74, 6) is 0.836. The first-order chi connectivity index (χ1) is 13.5. The number of amides is 1. The first kappa shape index (κ1) is 21.9. The fraction of sp³-hybridized carbons (Fsp3) is 0.476. The van der Waals surface area contributed by atoms with E-state index in [1.165, 1.54) is 4.88 Å². The Morgan fingerprint density at radius 1 is 1.14 bits per heavy atom. The van der Waals surface area contributed by atoms with Crippen LogP contribution in [-0.2, 0) is 13.0 Å². The minimum Gasteiger partial charge on any atom is -0.356 e. The van der Waals surface area contributed by atoms with Crippen LogP contribution in [0, 0.1) is 13.8 Å². The van der Waals surface area contributed by atoms with Crippen molar-refractivity contribution in [2.75, 3.05) is 26.7 Å². The number of nitrogens with one attached hydrogen (secondary N) is 2. The average molecular weight is 402 g/mol. The van der Waals surface area contributed by atoms with Crippen LogP contribution in [0.25, 0.3) is 0 Å². The first-order valence-corrected chi connectivity index (χ1v) is 10.6. The lowest BCUT2D eigenvalue weighted by atomic mass is 10.1. The fourth-order valence-electron chi connectivity index (χ4n) is 2.80. The Bertz CT molecular complexity index is 774. The van der Waals surface area contributed by atoms with Crippen molar-refractivity contribution >= 4 is 23.2 Å². The summed E-state index contributed by atoms with van der Waals surface area (Å²) in [6, 6.07) is 7.75. The molecule has 2 N–H and O–H groups in total. The van der Waals surface area contributed by atoms with Gasteiger partial charge in [0, 0.05) is 50.1 Å². The summed E-state index contributed by atoms with van der Waals surface area (Å²) < 4.78 is 0. The molecule has 1 aromatic heterocycles. The van der Waals surface area contributed by atoms with Gasteiger partial charge in [0.15, 0.2) is 5.96 Å². The number of nitrogens with zero attached hydrogens (tertiary/aromatic N) is 3. The van der Waals surface area contributed by atoms with Crippen LogP contribution in [0.2, 0.25) is 0 Å². The van der Waals surface area contributed by atoms with Gasteiger partial charge in [-0.15, -0.1) is 11.3 Å². The van der Waals surface area contributed by atoms with Crippen molar-refractivity contribution in [3.63, 3.8) is 0 Å². The summed E-state index contributed by atoms with van der Waals surface area (Å²) in [6.45, 7) is 11.0. The van der Waals surface area contributed by atoms with Crippen LogP contribution in [0.3, 0.4) is 0 Å². The molecule has 1 amide bonds. The van der Waals surface area contributed by atoms with Gasteiger partial charge in [0.25, 0.3) is 5.91 Å². The molecule has 0 aliphatic heterocycles. The maximum absolute atomic E-state index is 12.4. The Kier molecular flexibility index (Phi) is 8.44. The molecular formula is C21H31N5OS. The summed E-state index contributed by atoms with van der Waals surface area (Å²) in [4.78, 5) is 24.3. The maximum atomic E-state index is 12.4. The van der Waals surface area contributed by atoms with E-state index < -0.39 is 0 Å². The number of carbonyl (C=O) groups is 1. The molecule has 0 unspecified atom stereocenters. The number of aliphatic imine (C=N–C) groups is 1. The molecule has 0 aliphatic rings. The molecule has 0 saturated carbocycles. The Hall–Kier alpha value is -2.41.